The first-order valence-corrected chi connectivity index (χ1v) is 5.95. The van der Waals surface area contributed by atoms with Crippen molar-refractivity contribution in [1.82, 2.24) is 4.98 Å². The quantitative estimate of drug-likeness (QED) is 0.897. The van der Waals surface area contributed by atoms with Crippen LogP contribution in [-0.2, 0) is 13.2 Å². The van der Waals surface area contributed by atoms with Crippen LogP contribution in [0.25, 0.3) is 0 Å². The van der Waals surface area contributed by atoms with E-state index in [2.05, 4.69) is 4.98 Å². The molecule has 94 valence electrons. The summed E-state index contributed by atoms with van der Waals surface area (Å²) in [7, 11) is 0. The maximum absolute atomic E-state index is 9.29. The number of pyridine rings is 1. The van der Waals surface area contributed by atoms with E-state index in [4.69, 9.17) is 4.74 Å². The monoisotopic (exact) mass is 243 g/mol. The highest BCUT2D eigenvalue weighted by Gasteiger charge is 2.10. The Balaban J connectivity index is 2.21. The Morgan fingerprint density at radius 3 is 2.56 bits per heavy atom. The molecule has 1 aromatic heterocycles. The predicted octanol–water partition coefficient (Wildman–Crippen LogP) is 2.77. The van der Waals surface area contributed by atoms with Gasteiger partial charge in [0.05, 0.1) is 6.61 Å². The van der Waals surface area contributed by atoms with Gasteiger partial charge in [0.1, 0.15) is 18.1 Å². The van der Waals surface area contributed by atoms with Crippen LogP contribution in [-0.4, -0.2) is 10.1 Å². The van der Waals surface area contributed by atoms with Crippen molar-refractivity contribution in [1.29, 1.82) is 0 Å². The third-order valence-corrected chi connectivity index (χ3v) is 2.98. The van der Waals surface area contributed by atoms with Crippen LogP contribution in [0.4, 0.5) is 0 Å². The van der Waals surface area contributed by atoms with Gasteiger partial charge < -0.3 is 9.84 Å². The second-order valence-electron chi connectivity index (χ2n) is 4.27. The molecule has 1 heterocycles. The van der Waals surface area contributed by atoms with Crippen LogP contribution >= 0.6 is 0 Å². The Hall–Kier alpha value is -1.87. The molecule has 0 aliphatic rings. The third kappa shape index (κ3) is 2.68. The number of aliphatic hydroxyl groups is 1. The molecule has 1 aromatic carbocycles. The molecule has 0 amide bonds. The number of ether oxygens (including phenoxy) is 1. The largest absolute Gasteiger partial charge is 0.487 e. The molecule has 0 radical (unpaired) electrons. The molecular weight excluding hydrogens is 226 g/mol. The van der Waals surface area contributed by atoms with E-state index >= 15 is 0 Å². The predicted molar refractivity (Wildman–Crippen MR) is 70.4 cm³/mol. The van der Waals surface area contributed by atoms with E-state index in [1.54, 1.807) is 6.20 Å². The first kappa shape index (κ1) is 12.6. The van der Waals surface area contributed by atoms with Gasteiger partial charge in [-0.2, -0.15) is 0 Å². The number of aromatic nitrogens is 1. The zero-order valence-electron chi connectivity index (χ0n) is 10.7. The minimum absolute atomic E-state index is 0.106. The molecule has 0 aliphatic carbocycles. The normalized spacial score (nSPS) is 10.4. The number of hydrogen-bond donors (Lipinski definition) is 1. The molecule has 2 rings (SSSR count). The van der Waals surface area contributed by atoms with E-state index in [1.807, 2.05) is 44.2 Å². The van der Waals surface area contributed by atoms with E-state index in [0.29, 0.717) is 18.1 Å². The van der Waals surface area contributed by atoms with Crippen LogP contribution in [0.5, 0.6) is 5.75 Å². The van der Waals surface area contributed by atoms with Gasteiger partial charge in [-0.1, -0.05) is 30.3 Å². The SMILES string of the molecule is Cc1cnc(CO)c(OCc2ccccc2)c1C. The lowest BCUT2D eigenvalue weighted by Gasteiger charge is -2.14. The Bertz CT molecular complexity index is 524. The standard InChI is InChI=1S/C15H17NO2/c1-11-8-16-14(9-17)15(12(11)2)18-10-13-6-4-3-5-7-13/h3-8,17H,9-10H2,1-2H3. The van der Waals surface area contributed by atoms with E-state index in [1.165, 1.54) is 0 Å². The molecule has 2 aromatic rings. The van der Waals surface area contributed by atoms with Gasteiger partial charge >= 0.3 is 0 Å². The third-order valence-electron chi connectivity index (χ3n) is 2.98. The summed E-state index contributed by atoms with van der Waals surface area (Å²) in [5, 5.41) is 9.29. The number of aliphatic hydroxyl groups excluding tert-OH is 1. The summed E-state index contributed by atoms with van der Waals surface area (Å²) in [6.07, 6.45) is 1.76. The van der Waals surface area contributed by atoms with Gasteiger partial charge in [-0.3, -0.25) is 4.98 Å². The van der Waals surface area contributed by atoms with Crippen molar-refractivity contribution in [3.05, 3.63) is 58.9 Å². The summed E-state index contributed by atoms with van der Waals surface area (Å²) in [4.78, 5) is 4.19. The van der Waals surface area contributed by atoms with E-state index in [9.17, 15) is 5.11 Å². The molecule has 18 heavy (non-hydrogen) atoms. The van der Waals surface area contributed by atoms with Gasteiger partial charge in [0.15, 0.2) is 0 Å². The van der Waals surface area contributed by atoms with Crippen LogP contribution in [0.1, 0.15) is 22.4 Å². The first-order valence-electron chi connectivity index (χ1n) is 5.95. The van der Waals surface area contributed by atoms with Crippen molar-refractivity contribution in [2.75, 3.05) is 0 Å². The van der Waals surface area contributed by atoms with Crippen molar-refractivity contribution in [3.63, 3.8) is 0 Å². The van der Waals surface area contributed by atoms with Gasteiger partial charge in [-0.15, -0.1) is 0 Å². The fourth-order valence-electron chi connectivity index (χ4n) is 1.76. The van der Waals surface area contributed by atoms with Crippen molar-refractivity contribution in [2.24, 2.45) is 0 Å². The number of rotatable bonds is 4. The Morgan fingerprint density at radius 1 is 1.17 bits per heavy atom. The molecule has 0 spiro atoms. The summed E-state index contributed by atoms with van der Waals surface area (Å²) >= 11 is 0. The molecule has 0 atom stereocenters. The van der Waals surface area contributed by atoms with E-state index in [0.717, 1.165) is 16.7 Å². The van der Waals surface area contributed by atoms with Crippen molar-refractivity contribution in [3.8, 4) is 5.75 Å². The highest BCUT2D eigenvalue weighted by Crippen LogP contribution is 2.25. The maximum atomic E-state index is 9.29. The maximum Gasteiger partial charge on any atom is 0.146 e. The zero-order chi connectivity index (χ0) is 13.0. The van der Waals surface area contributed by atoms with E-state index in [-0.39, 0.29) is 6.61 Å². The molecule has 1 N–H and O–H groups in total. The van der Waals surface area contributed by atoms with Gasteiger partial charge in [-0.25, -0.2) is 0 Å². The lowest BCUT2D eigenvalue weighted by molar-refractivity contribution is 0.252. The van der Waals surface area contributed by atoms with Crippen LogP contribution in [0.15, 0.2) is 36.5 Å². The number of aryl methyl sites for hydroxylation is 1. The topological polar surface area (TPSA) is 42.4 Å². The molecule has 0 bridgehead atoms. The Morgan fingerprint density at radius 2 is 1.89 bits per heavy atom. The van der Waals surface area contributed by atoms with Gasteiger partial charge in [0.2, 0.25) is 0 Å². The molecule has 3 heteroatoms. The summed E-state index contributed by atoms with van der Waals surface area (Å²) in [5.41, 5.74) is 3.79. The van der Waals surface area contributed by atoms with Gasteiger partial charge in [0, 0.05) is 6.20 Å². The molecule has 0 unspecified atom stereocenters. The van der Waals surface area contributed by atoms with Crippen LogP contribution in [0, 0.1) is 13.8 Å². The zero-order valence-corrected chi connectivity index (χ0v) is 10.7. The van der Waals surface area contributed by atoms with Gasteiger partial charge in [0.25, 0.3) is 0 Å². The highest BCUT2D eigenvalue weighted by molar-refractivity contribution is 5.40. The van der Waals surface area contributed by atoms with E-state index < -0.39 is 0 Å². The smallest absolute Gasteiger partial charge is 0.146 e. The minimum atomic E-state index is -0.106. The Labute approximate surface area is 107 Å². The fourth-order valence-corrected chi connectivity index (χ4v) is 1.76. The number of benzene rings is 1. The number of nitrogens with zero attached hydrogens (tertiary/aromatic N) is 1. The molecule has 0 aliphatic heterocycles. The average molecular weight is 243 g/mol. The molecule has 0 saturated carbocycles. The minimum Gasteiger partial charge on any atom is -0.487 e. The average Bonchev–Trinajstić information content (AvgIpc) is 2.41. The molecular formula is C15H17NO2. The lowest BCUT2D eigenvalue weighted by Crippen LogP contribution is -2.03. The second kappa shape index (κ2) is 5.65. The van der Waals surface area contributed by atoms with Gasteiger partial charge in [-0.05, 0) is 30.5 Å². The van der Waals surface area contributed by atoms with Crippen molar-refractivity contribution in [2.45, 2.75) is 27.1 Å². The Kier molecular flexibility index (Phi) is 3.95. The first-order chi connectivity index (χ1) is 8.72. The summed E-state index contributed by atoms with van der Waals surface area (Å²) in [6, 6.07) is 9.95. The van der Waals surface area contributed by atoms with Crippen LogP contribution in [0.2, 0.25) is 0 Å². The number of hydrogen-bond acceptors (Lipinski definition) is 3. The molecule has 0 fully saturated rings. The van der Waals surface area contributed by atoms with Crippen LogP contribution in [0.3, 0.4) is 0 Å². The summed E-state index contributed by atoms with van der Waals surface area (Å²) < 4.78 is 5.80. The lowest BCUT2D eigenvalue weighted by atomic mass is 10.1. The van der Waals surface area contributed by atoms with Crippen molar-refractivity contribution >= 4 is 0 Å². The van der Waals surface area contributed by atoms with Crippen LogP contribution < -0.4 is 4.74 Å². The van der Waals surface area contributed by atoms with Crippen molar-refractivity contribution < 1.29 is 9.84 Å². The highest BCUT2D eigenvalue weighted by atomic mass is 16.5. The second-order valence-corrected chi connectivity index (χ2v) is 4.27. The fraction of sp³-hybridized carbons (Fsp3) is 0.267. The summed E-state index contributed by atoms with van der Waals surface area (Å²) in [5.74, 6) is 0.696. The molecule has 3 nitrogen and oxygen atoms in total. The summed E-state index contributed by atoms with van der Waals surface area (Å²) in [6.45, 7) is 4.35. The molecule has 0 saturated heterocycles.